The van der Waals surface area contributed by atoms with Gasteiger partial charge in [-0.25, -0.2) is 0 Å². The molecule has 20 heavy (non-hydrogen) atoms. The summed E-state index contributed by atoms with van der Waals surface area (Å²) < 4.78 is 0. The third-order valence-electron chi connectivity index (χ3n) is 3.73. The second-order valence-corrected chi connectivity index (χ2v) is 5.07. The number of carbonyl (C=O) groups is 1. The third kappa shape index (κ3) is 3.14. The summed E-state index contributed by atoms with van der Waals surface area (Å²) in [5.41, 5.74) is 0.0689. The van der Waals surface area contributed by atoms with Crippen LogP contribution in [-0.2, 0) is 0 Å². The third-order valence-corrected chi connectivity index (χ3v) is 3.73. The van der Waals surface area contributed by atoms with Crippen LogP contribution in [0.15, 0.2) is 24.3 Å². The molecule has 0 radical (unpaired) electrons. The van der Waals surface area contributed by atoms with Crippen molar-refractivity contribution in [1.82, 2.24) is 10.2 Å². The monoisotopic (exact) mass is 277 g/mol. The van der Waals surface area contributed by atoms with Gasteiger partial charge < -0.3 is 10.2 Å². The standard InChI is InChI=1S/C14H19N3O3/c1-15-10-11-6-8-16(9-7-11)14(18)12-4-2-3-5-13(12)17(19)20/h2-5,11,15H,6-10H2,1H3. The summed E-state index contributed by atoms with van der Waals surface area (Å²) in [7, 11) is 1.92. The molecule has 108 valence electrons. The molecular weight excluding hydrogens is 258 g/mol. The Labute approximate surface area is 117 Å². The van der Waals surface area contributed by atoms with E-state index in [9.17, 15) is 14.9 Å². The zero-order chi connectivity index (χ0) is 14.5. The summed E-state index contributed by atoms with van der Waals surface area (Å²) in [6, 6.07) is 6.14. The minimum Gasteiger partial charge on any atom is -0.338 e. The summed E-state index contributed by atoms with van der Waals surface area (Å²) in [6.45, 7) is 2.28. The van der Waals surface area contributed by atoms with Crippen LogP contribution in [0.2, 0.25) is 0 Å². The molecule has 1 heterocycles. The van der Waals surface area contributed by atoms with Gasteiger partial charge in [-0.2, -0.15) is 0 Å². The molecule has 1 aliphatic heterocycles. The maximum absolute atomic E-state index is 12.4. The molecular formula is C14H19N3O3. The Bertz CT molecular complexity index is 496. The average molecular weight is 277 g/mol. The van der Waals surface area contributed by atoms with E-state index in [4.69, 9.17) is 0 Å². The number of hydrogen-bond acceptors (Lipinski definition) is 4. The highest BCUT2D eigenvalue weighted by molar-refractivity contribution is 5.98. The lowest BCUT2D eigenvalue weighted by molar-refractivity contribution is -0.385. The first-order chi connectivity index (χ1) is 9.63. The van der Waals surface area contributed by atoms with Crippen LogP contribution in [0.4, 0.5) is 5.69 Å². The van der Waals surface area contributed by atoms with Crippen molar-refractivity contribution >= 4 is 11.6 Å². The first-order valence-corrected chi connectivity index (χ1v) is 6.80. The summed E-state index contributed by atoms with van der Waals surface area (Å²) in [6.07, 6.45) is 1.88. The van der Waals surface area contributed by atoms with E-state index in [1.165, 1.54) is 12.1 Å². The Hall–Kier alpha value is -1.95. The van der Waals surface area contributed by atoms with Crippen LogP contribution in [0.3, 0.4) is 0 Å². The van der Waals surface area contributed by atoms with E-state index >= 15 is 0 Å². The summed E-state index contributed by atoms with van der Waals surface area (Å²) >= 11 is 0. The van der Waals surface area contributed by atoms with Crippen molar-refractivity contribution in [2.45, 2.75) is 12.8 Å². The highest BCUT2D eigenvalue weighted by Gasteiger charge is 2.27. The van der Waals surface area contributed by atoms with Gasteiger partial charge in [0, 0.05) is 19.2 Å². The van der Waals surface area contributed by atoms with Crippen molar-refractivity contribution in [3.05, 3.63) is 39.9 Å². The van der Waals surface area contributed by atoms with Gasteiger partial charge in [-0.3, -0.25) is 14.9 Å². The topological polar surface area (TPSA) is 75.5 Å². The number of nitrogens with one attached hydrogen (secondary N) is 1. The van der Waals surface area contributed by atoms with E-state index in [0.717, 1.165) is 19.4 Å². The Balaban J connectivity index is 2.08. The smallest absolute Gasteiger partial charge is 0.282 e. The largest absolute Gasteiger partial charge is 0.338 e. The Morgan fingerprint density at radius 1 is 1.40 bits per heavy atom. The lowest BCUT2D eigenvalue weighted by Gasteiger charge is -2.31. The molecule has 0 unspecified atom stereocenters. The highest BCUT2D eigenvalue weighted by Crippen LogP contribution is 2.23. The number of nitro benzene ring substituents is 1. The van der Waals surface area contributed by atoms with E-state index in [2.05, 4.69) is 5.32 Å². The number of carbonyl (C=O) groups excluding carboxylic acids is 1. The Morgan fingerprint density at radius 2 is 2.05 bits per heavy atom. The zero-order valence-corrected chi connectivity index (χ0v) is 11.5. The molecule has 1 aromatic carbocycles. The van der Waals surface area contributed by atoms with E-state index < -0.39 is 4.92 Å². The van der Waals surface area contributed by atoms with E-state index in [-0.39, 0.29) is 17.2 Å². The first-order valence-electron chi connectivity index (χ1n) is 6.80. The predicted molar refractivity (Wildman–Crippen MR) is 75.7 cm³/mol. The second-order valence-electron chi connectivity index (χ2n) is 5.07. The number of amides is 1. The van der Waals surface area contributed by atoms with Gasteiger partial charge in [0.15, 0.2) is 0 Å². The Kier molecular flexibility index (Phi) is 4.68. The van der Waals surface area contributed by atoms with Crippen LogP contribution in [-0.4, -0.2) is 42.4 Å². The quantitative estimate of drug-likeness (QED) is 0.671. The number of rotatable bonds is 4. The van der Waals surface area contributed by atoms with Gasteiger partial charge in [0.1, 0.15) is 5.56 Å². The number of hydrogen-bond donors (Lipinski definition) is 1. The molecule has 1 saturated heterocycles. The van der Waals surface area contributed by atoms with Crippen molar-refractivity contribution in [3.8, 4) is 0 Å². The zero-order valence-electron chi connectivity index (χ0n) is 11.5. The maximum atomic E-state index is 12.4. The molecule has 1 amide bonds. The second kappa shape index (κ2) is 6.47. The summed E-state index contributed by atoms with van der Waals surface area (Å²) in [5, 5.41) is 14.1. The van der Waals surface area contributed by atoms with Gasteiger partial charge in [-0.15, -0.1) is 0 Å². The summed E-state index contributed by atoms with van der Waals surface area (Å²) in [4.78, 5) is 24.6. The molecule has 1 aromatic rings. The lowest BCUT2D eigenvalue weighted by atomic mass is 9.96. The number of benzene rings is 1. The fourth-order valence-electron chi connectivity index (χ4n) is 2.61. The molecule has 6 nitrogen and oxygen atoms in total. The first kappa shape index (κ1) is 14.5. The van der Waals surface area contributed by atoms with Gasteiger partial charge in [-0.1, -0.05) is 12.1 Å². The minimum atomic E-state index is -0.499. The number of para-hydroxylation sites is 1. The number of nitro groups is 1. The average Bonchev–Trinajstić information content (AvgIpc) is 2.47. The minimum absolute atomic E-state index is 0.116. The highest BCUT2D eigenvalue weighted by atomic mass is 16.6. The van der Waals surface area contributed by atoms with E-state index in [0.29, 0.717) is 19.0 Å². The molecule has 0 saturated carbocycles. The molecule has 1 aliphatic rings. The fourth-order valence-corrected chi connectivity index (χ4v) is 2.61. The van der Waals surface area contributed by atoms with Crippen LogP contribution in [0.25, 0.3) is 0 Å². The molecule has 0 bridgehead atoms. The van der Waals surface area contributed by atoms with Crippen LogP contribution in [0.1, 0.15) is 23.2 Å². The van der Waals surface area contributed by atoms with Crippen LogP contribution < -0.4 is 5.32 Å². The SMILES string of the molecule is CNCC1CCN(C(=O)c2ccccc2[N+](=O)[O-])CC1. The van der Waals surface area contributed by atoms with Crippen molar-refractivity contribution in [2.75, 3.05) is 26.7 Å². The van der Waals surface area contributed by atoms with Gasteiger partial charge in [0.2, 0.25) is 0 Å². The number of piperidine rings is 1. The Morgan fingerprint density at radius 3 is 2.65 bits per heavy atom. The van der Waals surface area contributed by atoms with Crippen molar-refractivity contribution in [3.63, 3.8) is 0 Å². The summed E-state index contributed by atoms with van der Waals surface area (Å²) in [5.74, 6) is 0.343. The molecule has 0 aliphatic carbocycles. The van der Waals surface area contributed by atoms with E-state index in [1.807, 2.05) is 7.05 Å². The molecule has 1 N–H and O–H groups in total. The molecule has 1 fully saturated rings. The van der Waals surface area contributed by atoms with E-state index in [1.54, 1.807) is 17.0 Å². The number of nitrogens with zero attached hydrogens (tertiary/aromatic N) is 2. The molecule has 6 heteroatoms. The molecule has 0 atom stereocenters. The van der Waals surface area contributed by atoms with Crippen LogP contribution in [0.5, 0.6) is 0 Å². The predicted octanol–water partition coefficient (Wildman–Crippen LogP) is 1.67. The normalized spacial score (nSPS) is 16.1. The number of likely N-dealkylation sites (tertiary alicyclic amines) is 1. The van der Waals surface area contributed by atoms with Crippen molar-refractivity contribution in [2.24, 2.45) is 5.92 Å². The van der Waals surface area contributed by atoms with Crippen LogP contribution in [0, 0.1) is 16.0 Å². The fraction of sp³-hybridized carbons (Fsp3) is 0.500. The molecule has 0 spiro atoms. The molecule has 2 rings (SSSR count). The van der Waals surface area contributed by atoms with Gasteiger partial charge in [0.05, 0.1) is 4.92 Å². The van der Waals surface area contributed by atoms with Gasteiger partial charge in [0.25, 0.3) is 11.6 Å². The van der Waals surface area contributed by atoms with Gasteiger partial charge >= 0.3 is 0 Å². The molecule has 0 aromatic heterocycles. The van der Waals surface area contributed by atoms with Crippen LogP contribution >= 0.6 is 0 Å². The van der Waals surface area contributed by atoms with Crippen molar-refractivity contribution in [1.29, 1.82) is 0 Å². The maximum Gasteiger partial charge on any atom is 0.282 e. The lowest BCUT2D eigenvalue weighted by Crippen LogP contribution is -2.40. The van der Waals surface area contributed by atoms with Crippen molar-refractivity contribution < 1.29 is 9.72 Å². The van der Waals surface area contributed by atoms with Gasteiger partial charge in [-0.05, 0) is 38.4 Å².